The van der Waals surface area contributed by atoms with Gasteiger partial charge in [0.15, 0.2) is 11.5 Å². The number of rotatable bonds is 8. The minimum Gasteiger partial charge on any atom is -0.490 e. The van der Waals surface area contributed by atoms with E-state index in [0.717, 1.165) is 28.1 Å². The molecule has 4 aromatic rings. The zero-order chi connectivity index (χ0) is 20.8. The van der Waals surface area contributed by atoms with Gasteiger partial charge in [-0.2, -0.15) is 0 Å². The van der Waals surface area contributed by atoms with Gasteiger partial charge in [-0.25, -0.2) is 9.97 Å². The van der Waals surface area contributed by atoms with Crippen LogP contribution < -0.4 is 19.5 Å². The summed E-state index contributed by atoms with van der Waals surface area (Å²) in [6.45, 7) is 4.99. The average Bonchev–Trinajstić information content (AvgIpc) is 2.77. The lowest BCUT2D eigenvalue weighted by atomic mass is 10.2. The Kier molecular flexibility index (Phi) is 7.51. The monoisotopic (exact) mass is 437 g/mol. The van der Waals surface area contributed by atoms with E-state index in [9.17, 15) is 0 Å². The first-order valence-electron chi connectivity index (χ1n) is 9.91. The molecule has 0 fully saturated rings. The number of nitrogens with one attached hydrogen (secondary N) is 1. The van der Waals surface area contributed by atoms with E-state index in [-0.39, 0.29) is 12.4 Å². The van der Waals surface area contributed by atoms with Crippen LogP contribution in [-0.4, -0.2) is 23.2 Å². The zero-order valence-corrected chi connectivity index (χ0v) is 18.2. The summed E-state index contributed by atoms with van der Waals surface area (Å²) in [5, 5.41) is 4.21. The lowest BCUT2D eigenvalue weighted by molar-refractivity contribution is 0.288. The molecule has 0 saturated heterocycles. The molecule has 0 saturated carbocycles. The smallest absolute Gasteiger partial charge is 0.163 e. The molecular weight excluding hydrogens is 414 g/mol. The van der Waals surface area contributed by atoms with Crippen molar-refractivity contribution in [3.8, 4) is 23.0 Å². The van der Waals surface area contributed by atoms with E-state index in [1.54, 1.807) is 0 Å². The molecule has 0 bridgehead atoms. The molecule has 7 heteroatoms. The molecule has 0 aliphatic carbocycles. The van der Waals surface area contributed by atoms with Gasteiger partial charge in [0, 0.05) is 17.1 Å². The Bertz CT molecular complexity index is 1120. The van der Waals surface area contributed by atoms with Crippen molar-refractivity contribution in [2.24, 2.45) is 0 Å². The minimum atomic E-state index is 0. The molecule has 3 aromatic carbocycles. The normalized spacial score (nSPS) is 10.3. The van der Waals surface area contributed by atoms with Gasteiger partial charge in [0.25, 0.3) is 0 Å². The van der Waals surface area contributed by atoms with Crippen LogP contribution in [0.1, 0.15) is 13.8 Å². The maximum atomic E-state index is 5.85. The molecule has 1 heterocycles. The fourth-order valence-corrected chi connectivity index (χ4v) is 3.07. The summed E-state index contributed by atoms with van der Waals surface area (Å²) in [5.74, 6) is 3.61. The molecule has 0 spiro atoms. The Morgan fingerprint density at radius 1 is 0.774 bits per heavy atom. The predicted octanol–water partition coefficient (Wildman–Crippen LogP) is 6.38. The number of ether oxygens (including phenoxy) is 3. The van der Waals surface area contributed by atoms with Crippen molar-refractivity contribution in [3.05, 3.63) is 73.1 Å². The molecule has 0 radical (unpaired) electrons. The van der Waals surface area contributed by atoms with Crippen molar-refractivity contribution in [2.75, 3.05) is 18.5 Å². The summed E-state index contributed by atoms with van der Waals surface area (Å²) >= 11 is 0. The van der Waals surface area contributed by atoms with Gasteiger partial charge in [0.2, 0.25) is 0 Å². The maximum Gasteiger partial charge on any atom is 0.163 e. The summed E-state index contributed by atoms with van der Waals surface area (Å²) in [4.78, 5) is 8.80. The first-order valence-corrected chi connectivity index (χ1v) is 9.91. The first kappa shape index (κ1) is 22.2. The maximum absolute atomic E-state index is 5.85. The Labute approximate surface area is 187 Å². The van der Waals surface area contributed by atoms with Crippen molar-refractivity contribution in [2.45, 2.75) is 13.8 Å². The van der Waals surface area contributed by atoms with Crippen LogP contribution >= 0.6 is 12.4 Å². The Balaban J connectivity index is 0.00000272. The van der Waals surface area contributed by atoms with Crippen LogP contribution in [0.4, 0.5) is 11.5 Å². The van der Waals surface area contributed by atoms with Crippen LogP contribution in [0.3, 0.4) is 0 Å². The zero-order valence-electron chi connectivity index (χ0n) is 17.4. The molecule has 160 valence electrons. The molecule has 1 N–H and O–H groups in total. The van der Waals surface area contributed by atoms with Crippen LogP contribution in [0.15, 0.2) is 73.1 Å². The fourth-order valence-electron chi connectivity index (χ4n) is 3.07. The lowest BCUT2D eigenvalue weighted by Crippen LogP contribution is -2.01. The van der Waals surface area contributed by atoms with Gasteiger partial charge in [-0.15, -0.1) is 12.4 Å². The standard InChI is InChI=1S/C24H23N3O3.ClH/c1-3-28-22-14-20-21(15-23(22)29-4-2)25-16-26-24(20)27-17-10-12-19(13-11-17)30-18-8-6-5-7-9-18;/h5-16H,3-4H2,1-2H3,(H,25,26,27);1H. The number of anilines is 2. The van der Waals surface area contributed by atoms with E-state index in [0.29, 0.717) is 30.5 Å². The molecular formula is C24H24ClN3O3. The third kappa shape index (κ3) is 5.35. The molecule has 0 aliphatic rings. The van der Waals surface area contributed by atoms with Gasteiger partial charge in [-0.3, -0.25) is 0 Å². The Morgan fingerprint density at radius 3 is 2.10 bits per heavy atom. The van der Waals surface area contributed by atoms with E-state index >= 15 is 0 Å². The van der Waals surface area contributed by atoms with Crippen LogP contribution in [0.5, 0.6) is 23.0 Å². The Morgan fingerprint density at radius 2 is 1.42 bits per heavy atom. The van der Waals surface area contributed by atoms with Gasteiger partial charge in [0.05, 0.1) is 18.7 Å². The lowest BCUT2D eigenvalue weighted by Gasteiger charge is -2.14. The highest BCUT2D eigenvalue weighted by atomic mass is 35.5. The molecule has 6 nitrogen and oxygen atoms in total. The number of para-hydroxylation sites is 1. The van der Waals surface area contributed by atoms with E-state index in [4.69, 9.17) is 14.2 Å². The number of halogens is 1. The molecule has 31 heavy (non-hydrogen) atoms. The quantitative estimate of drug-likeness (QED) is 0.344. The van der Waals surface area contributed by atoms with Crippen molar-refractivity contribution in [3.63, 3.8) is 0 Å². The van der Waals surface area contributed by atoms with Crippen LogP contribution in [0, 0.1) is 0 Å². The van der Waals surface area contributed by atoms with Gasteiger partial charge < -0.3 is 19.5 Å². The van der Waals surface area contributed by atoms with Crippen molar-refractivity contribution < 1.29 is 14.2 Å². The van der Waals surface area contributed by atoms with Crippen LogP contribution in [0.25, 0.3) is 10.9 Å². The van der Waals surface area contributed by atoms with Crippen molar-refractivity contribution >= 4 is 34.8 Å². The van der Waals surface area contributed by atoms with Gasteiger partial charge in [-0.05, 0) is 56.3 Å². The summed E-state index contributed by atoms with van der Waals surface area (Å²) in [6, 6.07) is 21.2. The minimum absolute atomic E-state index is 0. The van der Waals surface area contributed by atoms with E-state index in [2.05, 4.69) is 15.3 Å². The summed E-state index contributed by atoms with van der Waals surface area (Å²) in [7, 11) is 0. The largest absolute Gasteiger partial charge is 0.490 e. The summed E-state index contributed by atoms with van der Waals surface area (Å²) in [6.07, 6.45) is 1.54. The van der Waals surface area contributed by atoms with Gasteiger partial charge in [0.1, 0.15) is 23.6 Å². The van der Waals surface area contributed by atoms with Crippen LogP contribution in [0.2, 0.25) is 0 Å². The number of nitrogens with zero attached hydrogens (tertiary/aromatic N) is 2. The molecule has 4 rings (SSSR count). The molecule has 0 amide bonds. The molecule has 0 atom stereocenters. The molecule has 1 aromatic heterocycles. The highest BCUT2D eigenvalue weighted by molar-refractivity contribution is 5.93. The van der Waals surface area contributed by atoms with Crippen molar-refractivity contribution in [1.29, 1.82) is 0 Å². The topological polar surface area (TPSA) is 65.5 Å². The third-order valence-corrected chi connectivity index (χ3v) is 4.40. The van der Waals surface area contributed by atoms with Gasteiger partial charge >= 0.3 is 0 Å². The summed E-state index contributed by atoms with van der Waals surface area (Å²) < 4.78 is 17.3. The second kappa shape index (κ2) is 10.5. The highest BCUT2D eigenvalue weighted by Crippen LogP contribution is 2.35. The molecule has 0 aliphatic heterocycles. The SMILES string of the molecule is CCOc1cc2ncnc(Nc3ccc(Oc4ccccc4)cc3)c2cc1OCC.Cl. The van der Waals surface area contributed by atoms with Crippen LogP contribution in [-0.2, 0) is 0 Å². The first-order chi connectivity index (χ1) is 14.8. The number of hydrogen-bond acceptors (Lipinski definition) is 6. The van der Waals surface area contributed by atoms with Crippen molar-refractivity contribution in [1.82, 2.24) is 9.97 Å². The second-order valence-electron chi connectivity index (χ2n) is 6.47. The van der Waals surface area contributed by atoms with E-state index in [1.807, 2.05) is 80.6 Å². The number of fused-ring (bicyclic) bond motifs is 1. The number of benzene rings is 3. The number of hydrogen-bond donors (Lipinski definition) is 1. The number of aromatic nitrogens is 2. The predicted molar refractivity (Wildman–Crippen MR) is 125 cm³/mol. The average molecular weight is 438 g/mol. The highest BCUT2D eigenvalue weighted by Gasteiger charge is 2.12. The fraction of sp³-hybridized carbons (Fsp3) is 0.167. The van der Waals surface area contributed by atoms with E-state index in [1.165, 1.54) is 6.33 Å². The summed E-state index contributed by atoms with van der Waals surface area (Å²) in [5.41, 5.74) is 1.67. The second-order valence-corrected chi connectivity index (χ2v) is 6.47. The Hall–Kier alpha value is -3.51. The molecule has 0 unspecified atom stereocenters. The van der Waals surface area contributed by atoms with E-state index < -0.39 is 0 Å². The third-order valence-electron chi connectivity index (χ3n) is 4.40. The van der Waals surface area contributed by atoms with Gasteiger partial charge in [-0.1, -0.05) is 18.2 Å².